The van der Waals surface area contributed by atoms with Gasteiger partial charge in [-0.3, -0.25) is 14.2 Å². The van der Waals surface area contributed by atoms with E-state index in [1.807, 2.05) is 0 Å². The Morgan fingerprint density at radius 1 is 0.969 bits per heavy atom. The quantitative estimate of drug-likeness (QED) is 0.519. The van der Waals surface area contributed by atoms with Crippen LogP contribution in [0.5, 0.6) is 11.5 Å². The molecule has 0 radical (unpaired) electrons. The molecule has 162 valence electrons. The number of hydrogen-bond donors (Lipinski definition) is 1. The third-order valence-corrected chi connectivity index (χ3v) is 5.01. The van der Waals surface area contributed by atoms with E-state index in [0.717, 1.165) is 4.57 Å². The number of benzene rings is 2. The largest absolute Gasteiger partial charge is 0.497 e. The summed E-state index contributed by atoms with van der Waals surface area (Å²) in [7, 11) is 4.46. The van der Waals surface area contributed by atoms with Crippen LogP contribution >= 0.6 is 0 Å². The van der Waals surface area contributed by atoms with E-state index in [0.29, 0.717) is 22.9 Å². The van der Waals surface area contributed by atoms with Gasteiger partial charge in [0, 0.05) is 25.0 Å². The topological polar surface area (TPSA) is 104 Å². The van der Waals surface area contributed by atoms with Gasteiger partial charge >= 0.3 is 5.69 Å². The molecule has 2 aromatic carbocycles. The maximum Gasteiger partial charge on any atom is 0.337 e. The molecule has 0 aliphatic rings. The molecule has 0 aliphatic heterocycles. The molecule has 32 heavy (non-hydrogen) atoms. The van der Waals surface area contributed by atoms with E-state index in [-0.39, 0.29) is 16.6 Å². The highest BCUT2D eigenvalue weighted by Crippen LogP contribution is 2.19. The molecule has 0 bridgehead atoms. The van der Waals surface area contributed by atoms with E-state index in [2.05, 4.69) is 10.3 Å². The maximum absolute atomic E-state index is 12.8. The minimum absolute atomic E-state index is 0.140. The van der Waals surface area contributed by atoms with Crippen LogP contribution in [0, 0.1) is 0 Å². The normalized spacial score (nSPS) is 10.7. The van der Waals surface area contributed by atoms with E-state index in [1.165, 1.54) is 31.0 Å². The van der Waals surface area contributed by atoms with E-state index < -0.39 is 17.2 Å². The Bertz CT molecular complexity index is 1440. The lowest BCUT2D eigenvalue weighted by Crippen LogP contribution is -2.38. The van der Waals surface area contributed by atoms with Crippen molar-refractivity contribution >= 4 is 22.6 Å². The van der Waals surface area contributed by atoms with Gasteiger partial charge in [-0.15, -0.1) is 0 Å². The van der Waals surface area contributed by atoms with Crippen molar-refractivity contribution in [1.29, 1.82) is 0 Å². The molecule has 4 aromatic rings. The van der Waals surface area contributed by atoms with Crippen LogP contribution in [0.2, 0.25) is 0 Å². The minimum Gasteiger partial charge on any atom is -0.497 e. The Morgan fingerprint density at radius 3 is 2.38 bits per heavy atom. The zero-order valence-electron chi connectivity index (χ0n) is 17.7. The molecular weight excluding hydrogens is 412 g/mol. The van der Waals surface area contributed by atoms with Crippen molar-refractivity contribution in [3.05, 3.63) is 87.2 Å². The highest BCUT2D eigenvalue weighted by molar-refractivity contribution is 6.05. The number of hydrogen-bond acceptors (Lipinski definition) is 6. The highest BCUT2D eigenvalue weighted by Gasteiger charge is 2.17. The van der Waals surface area contributed by atoms with Crippen molar-refractivity contribution in [2.75, 3.05) is 19.5 Å². The van der Waals surface area contributed by atoms with Gasteiger partial charge < -0.3 is 14.8 Å². The second kappa shape index (κ2) is 8.38. The van der Waals surface area contributed by atoms with Crippen LogP contribution in [-0.2, 0) is 7.05 Å². The van der Waals surface area contributed by atoms with Gasteiger partial charge in [0.25, 0.3) is 11.5 Å². The SMILES string of the molecule is COc1ccc(-n2c(=O)n(C)c(=O)c3cc(C(=O)Nc4cccc(OC)c4)cnc32)cc1. The molecular formula is C23H20N4O5. The lowest BCUT2D eigenvalue weighted by molar-refractivity contribution is 0.102. The van der Waals surface area contributed by atoms with Crippen molar-refractivity contribution in [1.82, 2.24) is 14.1 Å². The number of ether oxygens (including phenoxy) is 2. The Kier molecular flexibility index (Phi) is 5.46. The fourth-order valence-corrected chi connectivity index (χ4v) is 3.29. The number of amides is 1. The maximum atomic E-state index is 12.8. The minimum atomic E-state index is -0.547. The van der Waals surface area contributed by atoms with Gasteiger partial charge in [-0.1, -0.05) is 6.07 Å². The summed E-state index contributed by atoms with van der Waals surface area (Å²) in [5.74, 6) is 0.772. The highest BCUT2D eigenvalue weighted by atomic mass is 16.5. The van der Waals surface area contributed by atoms with Gasteiger partial charge in [-0.2, -0.15) is 0 Å². The number of nitrogens with one attached hydrogen (secondary N) is 1. The number of carbonyl (C=O) groups is 1. The van der Waals surface area contributed by atoms with Gasteiger partial charge in [-0.05, 0) is 42.5 Å². The average molecular weight is 432 g/mol. The van der Waals surface area contributed by atoms with Crippen LogP contribution in [0.4, 0.5) is 5.69 Å². The molecule has 2 heterocycles. The van der Waals surface area contributed by atoms with Crippen LogP contribution in [0.25, 0.3) is 16.7 Å². The standard InChI is InChI=1S/C23H20N4O5/c1-26-22(29)19-11-14(21(28)25-15-5-4-6-18(12-15)32-3)13-24-20(19)27(23(26)30)16-7-9-17(31-2)10-8-16/h4-13H,1-3H3,(H,25,28). The smallest absolute Gasteiger partial charge is 0.337 e. The first kappa shape index (κ1) is 20.9. The van der Waals surface area contributed by atoms with Crippen molar-refractivity contribution in [3.8, 4) is 17.2 Å². The van der Waals surface area contributed by atoms with Gasteiger partial charge in [-0.25, -0.2) is 14.3 Å². The number of carbonyl (C=O) groups excluding carboxylic acids is 1. The van der Waals surface area contributed by atoms with Crippen LogP contribution < -0.4 is 26.0 Å². The molecule has 9 nitrogen and oxygen atoms in total. The second-order valence-electron chi connectivity index (χ2n) is 6.96. The fourth-order valence-electron chi connectivity index (χ4n) is 3.29. The van der Waals surface area contributed by atoms with Crippen molar-refractivity contribution in [2.45, 2.75) is 0 Å². The Labute approximate surface area is 182 Å². The first-order valence-electron chi connectivity index (χ1n) is 9.64. The summed E-state index contributed by atoms with van der Waals surface area (Å²) in [5, 5.41) is 2.89. The number of fused-ring (bicyclic) bond motifs is 1. The molecule has 1 N–H and O–H groups in total. The third kappa shape index (κ3) is 3.71. The number of rotatable bonds is 5. The molecule has 9 heteroatoms. The van der Waals surface area contributed by atoms with Gasteiger partial charge in [0.2, 0.25) is 0 Å². The van der Waals surface area contributed by atoms with Crippen molar-refractivity contribution in [2.24, 2.45) is 7.05 Å². The molecule has 2 aromatic heterocycles. The van der Waals surface area contributed by atoms with Gasteiger partial charge in [0.05, 0.1) is 30.9 Å². The first-order valence-corrected chi connectivity index (χ1v) is 9.64. The average Bonchev–Trinajstić information content (AvgIpc) is 2.83. The molecule has 0 saturated carbocycles. The van der Waals surface area contributed by atoms with Crippen molar-refractivity contribution < 1.29 is 14.3 Å². The summed E-state index contributed by atoms with van der Waals surface area (Å²) >= 11 is 0. The van der Waals surface area contributed by atoms with Crippen LogP contribution in [-0.4, -0.2) is 34.2 Å². The Morgan fingerprint density at radius 2 is 1.69 bits per heavy atom. The Balaban J connectivity index is 1.81. The molecule has 0 saturated heterocycles. The fraction of sp³-hybridized carbons (Fsp3) is 0.130. The number of methoxy groups -OCH3 is 2. The zero-order chi connectivity index (χ0) is 22.8. The Hall–Kier alpha value is -4.40. The predicted octanol–water partition coefficient (Wildman–Crippen LogP) is 2.35. The van der Waals surface area contributed by atoms with Crippen molar-refractivity contribution in [3.63, 3.8) is 0 Å². The number of aromatic nitrogens is 3. The summed E-state index contributed by atoms with van der Waals surface area (Å²) in [4.78, 5) is 42.7. The summed E-state index contributed by atoms with van der Waals surface area (Å²) in [6.07, 6.45) is 1.33. The summed E-state index contributed by atoms with van der Waals surface area (Å²) < 4.78 is 12.6. The van der Waals surface area contributed by atoms with E-state index in [1.54, 1.807) is 55.6 Å². The summed E-state index contributed by atoms with van der Waals surface area (Å²) in [5.41, 5.74) is 0.286. The van der Waals surface area contributed by atoms with Crippen LogP contribution in [0.15, 0.2) is 70.4 Å². The van der Waals surface area contributed by atoms with E-state index in [4.69, 9.17) is 9.47 Å². The monoisotopic (exact) mass is 432 g/mol. The van der Waals surface area contributed by atoms with E-state index >= 15 is 0 Å². The van der Waals surface area contributed by atoms with Gasteiger partial charge in [0.15, 0.2) is 5.65 Å². The van der Waals surface area contributed by atoms with Crippen LogP contribution in [0.1, 0.15) is 10.4 Å². The lowest BCUT2D eigenvalue weighted by atomic mass is 10.2. The predicted molar refractivity (Wildman–Crippen MR) is 120 cm³/mol. The summed E-state index contributed by atoms with van der Waals surface area (Å²) in [6, 6.07) is 15.1. The second-order valence-corrected chi connectivity index (χ2v) is 6.96. The molecule has 0 aliphatic carbocycles. The molecule has 1 amide bonds. The third-order valence-electron chi connectivity index (χ3n) is 5.01. The number of pyridine rings is 1. The molecule has 0 spiro atoms. The lowest BCUT2D eigenvalue weighted by Gasteiger charge is -2.13. The van der Waals surface area contributed by atoms with E-state index in [9.17, 15) is 14.4 Å². The molecule has 4 rings (SSSR count). The van der Waals surface area contributed by atoms with Crippen LogP contribution in [0.3, 0.4) is 0 Å². The zero-order valence-corrected chi connectivity index (χ0v) is 17.7. The van der Waals surface area contributed by atoms with Gasteiger partial charge in [0.1, 0.15) is 11.5 Å². The molecule has 0 atom stereocenters. The molecule has 0 fully saturated rings. The first-order chi connectivity index (χ1) is 15.4. The number of anilines is 1. The number of nitrogens with zero attached hydrogens (tertiary/aromatic N) is 3. The molecule has 0 unspecified atom stereocenters. The summed E-state index contributed by atoms with van der Waals surface area (Å²) in [6.45, 7) is 0.